The zero-order valence-electron chi connectivity index (χ0n) is 15.6. The Balaban J connectivity index is 1.39. The highest BCUT2D eigenvalue weighted by molar-refractivity contribution is 5.83. The van der Waals surface area contributed by atoms with Crippen molar-refractivity contribution < 1.29 is 14.6 Å². The molecule has 0 unspecified atom stereocenters. The molecule has 4 heterocycles. The van der Waals surface area contributed by atoms with Gasteiger partial charge >= 0.3 is 0 Å². The summed E-state index contributed by atoms with van der Waals surface area (Å²) in [7, 11) is 0. The Labute approximate surface area is 161 Å². The van der Waals surface area contributed by atoms with Gasteiger partial charge in [-0.15, -0.1) is 0 Å². The molecule has 1 aromatic carbocycles. The summed E-state index contributed by atoms with van der Waals surface area (Å²) in [6.07, 6.45) is 0.119. The molecule has 146 valence electrons. The van der Waals surface area contributed by atoms with Crippen molar-refractivity contribution in [1.82, 2.24) is 19.7 Å². The zero-order chi connectivity index (χ0) is 19.3. The molecule has 0 radical (unpaired) electrons. The Kier molecular flexibility index (Phi) is 4.10. The van der Waals surface area contributed by atoms with Gasteiger partial charge in [0, 0.05) is 36.7 Å². The Hall–Kier alpha value is -2.84. The Morgan fingerprint density at radius 1 is 1.21 bits per heavy atom. The third-order valence-electron chi connectivity index (χ3n) is 5.43. The maximum atomic E-state index is 12.6. The van der Waals surface area contributed by atoms with Crippen molar-refractivity contribution in [2.75, 3.05) is 13.3 Å². The van der Waals surface area contributed by atoms with Gasteiger partial charge in [0.1, 0.15) is 0 Å². The van der Waals surface area contributed by atoms with E-state index in [9.17, 15) is 9.90 Å². The molecule has 1 atom stereocenters. The van der Waals surface area contributed by atoms with Crippen LogP contribution < -0.4 is 15.0 Å². The maximum absolute atomic E-state index is 12.6. The van der Waals surface area contributed by atoms with Crippen molar-refractivity contribution >= 4 is 10.9 Å². The summed E-state index contributed by atoms with van der Waals surface area (Å²) >= 11 is 0. The Bertz CT molecular complexity index is 1100. The topological polar surface area (TPSA) is 92.6 Å². The number of nitrogens with zero attached hydrogens (tertiary/aromatic N) is 3. The summed E-state index contributed by atoms with van der Waals surface area (Å²) in [6, 6.07) is 7.60. The molecule has 0 fully saturated rings. The van der Waals surface area contributed by atoms with Crippen LogP contribution in [0.1, 0.15) is 36.4 Å². The van der Waals surface area contributed by atoms with Gasteiger partial charge in [0.05, 0.1) is 29.6 Å². The number of aliphatic hydroxyl groups is 1. The van der Waals surface area contributed by atoms with Gasteiger partial charge in [-0.25, -0.2) is 0 Å². The predicted octanol–water partition coefficient (Wildman–Crippen LogP) is 1.91. The van der Waals surface area contributed by atoms with Crippen LogP contribution in [0.15, 0.2) is 29.1 Å². The quantitative estimate of drug-likeness (QED) is 0.716. The highest BCUT2D eigenvalue weighted by atomic mass is 16.7. The molecular formula is C20H22N4O4. The van der Waals surface area contributed by atoms with Crippen LogP contribution in [0.3, 0.4) is 0 Å². The predicted molar refractivity (Wildman–Crippen MR) is 102 cm³/mol. The van der Waals surface area contributed by atoms with Gasteiger partial charge in [0.2, 0.25) is 6.79 Å². The van der Waals surface area contributed by atoms with Gasteiger partial charge in [-0.3, -0.25) is 14.4 Å². The van der Waals surface area contributed by atoms with E-state index in [4.69, 9.17) is 9.47 Å². The first-order chi connectivity index (χ1) is 13.6. The number of rotatable bonds is 4. The maximum Gasteiger partial charge on any atom is 0.252 e. The van der Waals surface area contributed by atoms with E-state index in [-0.39, 0.29) is 12.4 Å². The molecule has 0 amide bonds. The molecule has 0 saturated carbocycles. The number of aromatic amines is 1. The van der Waals surface area contributed by atoms with E-state index in [0.29, 0.717) is 36.6 Å². The van der Waals surface area contributed by atoms with Crippen LogP contribution in [0.2, 0.25) is 0 Å². The third kappa shape index (κ3) is 2.94. The molecule has 2 aliphatic heterocycles. The molecule has 3 aromatic rings. The minimum atomic E-state index is -0.525. The number of nitrogens with one attached hydrogen (secondary N) is 1. The zero-order valence-corrected chi connectivity index (χ0v) is 15.6. The normalized spacial score (nSPS) is 17.1. The van der Waals surface area contributed by atoms with Gasteiger partial charge in [-0.05, 0) is 24.6 Å². The van der Waals surface area contributed by atoms with Gasteiger partial charge in [0.25, 0.3) is 5.56 Å². The summed E-state index contributed by atoms with van der Waals surface area (Å²) in [5.41, 5.74) is 3.15. The van der Waals surface area contributed by atoms with Crippen molar-refractivity contribution in [2.24, 2.45) is 0 Å². The number of pyridine rings is 1. The number of aliphatic hydroxyl groups excluding tert-OH is 1. The average molecular weight is 382 g/mol. The lowest BCUT2D eigenvalue weighted by Crippen LogP contribution is -2.35. The minimum Gasteiger partial charge on any atom is -0.454 e. The molecule has 0 spiro atoms. The lowest BCUT2D eigenvalue weighted by Gasteiger charge is -2.27. The number of hydrogen-bond donors (Lipinski definition) is 2. The summed E-state index contributed by atoms with van der Waals surface area (Å²) in [6.45, 7) is 4.94. The number of aromatic nitrogens is 3. The number of ether oxygens (including phenoxy) is 2. The van der Waals surface area contributed by atoms with E-state index in [1.807, 2.05) is 35.9 Å². The molecule has 28 heavy (non-hydrogen) atoms. The summed E-state index contributed by atoms with van der Waals surface area (Å²) in [5, 5.41) is 15.5. The van der Waals surface area contributed by atoms with Crippen LogP contribution in [0.4, 0.5) is 0 Å². The monoisotopic (exact) mass is 382 g/mol. The molecule has 0 saturated heterocycles. The van der Waals surface area contributed by atoms with E-state index in [0.717, 1.165) is 35.4 Å². The molecule has 2 N–H and O–H groups in total. The Morgan fingerprint density at radius 2 is 2.04 bits per heavy atom. The van der Waals surface area contributed by atoms with Gasteiger partial charge in [0.15, 0.2) is 11.5 Å². The average Bonchev–Trinajstić information content (AvgIpc) is 3.32. The second-order valence-electron chi connectivity index (χ2n) is 7.33. The number of fused-ring (bicyclic) bond motifs is 3. The van der Waals surface area contributed by atoms with Crippen molar-refractivity contribution in [2.45, 2.75) is 39.1 Å². The smallest absolute Gasteiger partial charge is 0.252 e. The second kappa shape index (κ2) is 6.65. The number of hydrogen-bond acceptors (Lipinski definition) is 6. The lowest BCUT2D eigenvalue weighted by molar-refractivity contribution is 0.166. The lowest BCUT2D eigenvalue weighted by atomic mass is 10.1. The molecule has 0 bridgehead atoms. The fraction of sp³-hybridized carbons (Fsp3) is 0.400. The molecule has 2 aromatic heterocycles. The highest BCUT2D eigenvalue weighted by Gasteiger charge is 2.22. The van der Waals surface area contributed by atoms with Crippen LogP contribution in [0, 0.1) is 0 Å². The van der Waals surface area contributed by atoms with Crippen molar-refractivity contribution in [1.29, 1.82) is 0 Å². The highest BCUT2D eigenvalue weighted by Crippen LogP contribution is 2.35. The third-order valence-corrected chi connectivity index (χ3v) is 5.43. The van der Waals surface area contributed by atoms with E-state index >= 15 is 0 Å². The van der Waals surface area contributed by atoms with Crippen molar-refractivity contribution in [3.8, 4) is 11.5 Å². The second-order valence-corrected chi connectivity index (χ2v) is 7.33. The Morgan fingerprint density at radius 3 is 2.86 bits per heavy atom. The van der Waals surface area contributed by atoms with Crippen LogP contribution in [-0.4, -0.2) is 38.1 Å². The fourth-order valence-electron chi connectivity index (χ4n) is 3.85. The first-order valence-corrected chi connectivity index (χ1v) is 9.53. The van der Waals surface area contributed by atoms with Crippen LogP contribution in [0.25, 0.3) is 10.9 Å². The van der Waals surface area contributed by atoms with Gasteiger partial charge < -0.3 is 19.6 Å². The summed E-state index contributed by atoms with van der Waals surface area (Å²) in [4.78, 5) is 17.8. The van der Waals surface area contributed by atoms with E-state index in [1.165, 1.54) is 0 Å². The van der Waals surface area contributed by atoms with Crippen molar-refractivity contribution in [3.63, 3.8) is 0 Å². The van der Waals surface area contributed by atoms with Crippen molar-refractivity contribution in [3.05, 3.63) is 51.6 Å². The molecular weight excluding hydrogens is 360 g/mol. The van der Waals surface area contributed by atoms with E-state index in [1.54, 1.807) is 0 Å². The summed E-state index contributed by atoms with van der Waals surface area (Å²) < 4.78 is 12.8. The first-order valence-electron chi connectivity index (χ1n) is 9.53. The molecule has 8 heteroatoms. The minimum absolute atomic E-state index is 0.0902. The molecule has 8 nitrogen and oxygen atoms in total. The molecule has 5 rings (SSSR count). The molecule has 2 aliphatic rings. The van der Waals surface area contributed by atoms with Gasteiger partial charge in [-0.2, -0.15) is 5.10 Å². The van der Waals surface area contributed by atoms with Crippen LogP contribution >= 0.6 is 0 Å². The molecule has 0 aliphatic carbocycles. The SMILES string of the molecule is CC[C@H](O)c1cc2n(n1)CCN(Cc1cc3cc4c(cc3[nH]c1=O)OCO4)C2. The van der Waals surface area contributed by atoms with E-state index in [2.05, 4.69) is 15.0 Å². The number of benzene rings is 1. The van der Waals surface area contributed by atoms with Crippen LogP contribution in [0.5, 0.6) is 11.5 Å². The number of H-pyrrole nitrogens is 1. The van der Waals surface area contributed by atoms with Crippen LogP contribution in [-0.2, 0) is 19.6 Å². The van der Waals surface area contributed by atoms with Gasteiger partial charge in [-0.1, -0.05) is 6.92 Å². The largest absolute Gasteiger partial charge is 0.454 e. The summed E-state index contributed by atoms with van der Waals surface area (Å²) in [5.74, 6) is 1.36. The fourth-order valence-corrected chi connectivity index (χ4v) is 3.85. The first kappa shape index (κ1) is 17.3. The standard InChI is InChI=1S/C20H22N4O4/c1-2-17(25)16-7-14-10-23(3-4-24(14)22-16)9-13-5-12-6-18-19(28-11-27-18)8-15(12)21-20(13)26/h5-8,17,25H,2-4,9-11H2,1H3,(H,21,26)/t17-/m0/s1. The van der Waals surface area contributed by atoms with E-state index < -0.39 is 6.10 Å².